The van der Waals surface area contributed by atoms with Crippen molar-refractivity contribution in [1.82, 2.24) is 14.9 Å². The summed E-state index contributed by atoms with van der Waals surface area (Å²) in [7, 11) is 0. The zero-order chi connectivity index (χ0) is 29.3. The van der Waals surface area contributed by atoms with Crippen LogP contribution in [0.2, 0.25) is 0 Å². The Morgan fingerprint density at radius 1 is 0.791 bits per heavy atom. The summed E-state index contributed by atoms with van der Waals surface area (Å²) in [6, 6.07) is 43.1. The fourth-order valence-corrected chi connectivity index (χ4v) is 5.57. The molecule has 5 nitrogen and oxygen atoms in total. The van der Waals surface area contributed by atoms with Crippen LogP contribution in [0.3, 0.4) is 0 Å². The minimum Gasteiger partial charge on any atom is -0.489 e. The highest BCUT2D eigenvalue weighted by Crippen LogP contribution is 2.36. The standard InChI is InChI=1S/C38H35N3O2/c42-38(40-23-21-32-17-9-10-22-39-32)25-35(31-16-11-18-33(24-31)43-28-30-14-5-2-6-15-30)36-27-41(26-29-12-3-1-4-13-29)37-20-8-7-19-34(36)37/h1-20,22,24,27,35H,21,23,25-26,28H2,(H,40,42)/t35-/m0/s1. The molecule has 0 bridgehead atoms. The average Bonchev–Trinajstić information content (AvgIpc) is 3.42. The molecule has 5 heteroatoms. The van der Waals surface area contributed by atoms with E-state index in [0.717, 1.165) is 45.6 Å². The highest BCUT2D eigenvalue weighted by atomic mass is 16.5. The quantitative estimate of drug-likeness (QED) is 0.167. The minimum atomic E-state index is -0.156. The Morgan fingerprint density at radius 2 is 1.53 bits per heavy atom. The molecule has 1 atom stereocenters. The van der Waals surface area contributed by atoms with Crippen molar-refractivity contribution in [2.75, 3.05) is 6.54 Å². The van der Waals surface area contributed by atoms with E-state index in [0.29, 0.717) is 26.0 Å². The molecule has 6 rings (SSSR count). The van der Waals surface area contributed by atoms with E-state index in [2.05, 4.69) is 93.9 Å². The van der Waals surface area contributed by atoms with Gasteiger partial charge in [0, 0.05) is 60.8 Å². The topological polar surface area (TPSA) is 56.1 Å². The number of pyridine rings is 1. The largest absolute Gasteiger partial charge is 0.489 e. The van der Waals surface area contributed by atoms with E-state index >= 15 is 0 Å². The molecular formula is C38H35N3O2. The molecule has 214 valence electrons. The Bertz CT molecular complexity index is 1770. The zero-order valence-electron chi connectivity index (χ0n) is 24.1. The Balaban J connectivity index is 1.30. The van der Waals surface area contributed by atoms with E-state index in [-0.39, 0.29) is 11.8 Å². The minimum absolute atomic E-state index is 0.0106. The van der Waals surface area contributed by atoms with Gasteiger partial charge in [-0.05, 0) is 52.6 Å². The van der Waals surface area contributed by atoms with Gasteiger partial charge in [0.25, 0.3) is 0 Å². The summed E-state index contributed by atoms with van der Waals surface area (Å²) in [5, 5.41) is 4.29. The van der Waals surface area contributed by atoms with Crippen molar-refractivity contribution in [2.24, 2.45) is 0 Å². The molecule has 0 aliphatic heterocycles. The van der Waals surface area contributed by atoms with Crippen molar-refractivity contribution in [2.45, 2.75) is 31.9 Å². The molecule has 0 aliphatic rings. The number of ether oxygens (including phenoxy) is 1. The van der Waals surface area contributed by atoms with Crippen LogP contribution in [-0.2, 0) is 24.4 Å². The van der Waals surface area contributed by atoms with E-state index in [4.69, 9.17) is 4.74 Å². The maximum atomic E-state index is 13.5. The van der Waals surface area contributed by atoms with E-state index in [1.54, 1.807) is 6.20 Å². The molecule has 0 spiro atoms. The molecular weight excluding hydrogens is 530 g/mol. The smallest absolute Gasteiger partial charge is 0.220 e. The van der Waals surface area contributed by atoms with Crippen molar-refractivity contribution in [3.63, 3.8) is 0 Å². The second-order valence-electron chi connectivity index (χ2n) is 10.7. The maximum absolute atomic E-state index is 13.5. The predicted octanol–water partition coefficient (Wildman–Crippen LogP) is 7.54. The number of hydrogen-bond donors (Lipinski definition) is 1. The third kappa shape index (κ3) is 7.19. The highest BCUT2D eigenvalue weighted by molar-refractivity contribution is 5.87. The average molecular weight is 566 g/mol. The lowest BCUT2D eigenvalue weighted by atomic mass is 9.88. The predicted molar refractivity (Wildman–Crippen MR) is 172 cm³/mol. The SMILES string of the molecule is O=C(C[C@@H](c1cccc(OCc2ccccc2)c1)c1cn(Cc2ccccc2)c2ccccc12)NCCc1ccccn1. The van der Waals surface area contributed by atoms with E-state index < -0.39 is 0 Å². The lowest BCUT2D eigenvalue weighted by Gasteiger charge is -2.18. The van der Waals surface area contributed by atoms with Gasteiger partial charge in [-0.2, -0.15) is 0 Å². The lowest BCUT2D eigenvalue weighted by Crippen LogP contribution is -2.27. The number of carbonyl (C=O) groups is 1. The number of nitrogens with zero attached hydrogens (tertiary/aromatic N) is 2. The monoisotopic (exact) mass is 565 g/mol. The first-order valence-electron chi connectivity index (χ1n) is 14.8. The van der Waals surface area contributed by atoms with Gasteiger partial charge < -0.3 is 14.6 Å². The fourth-order valence-electron chi connectivity index (χ4n) is 5.57. The number of carbonyl (C=O) groups excluding carboxylic acids is 1. The van der Waals surface area contributed by atoms with Gasteiger partial charge in [-0.3, -0.25) is 9.78 Å². The Kier molecular flexibility index (Phi) is 8.89. The second-order valence-corrected chi connectivity index (χ2v) is 10.7. The molecule has 0 fully saturated rings. The van der Waals surface area contributed by atoms with Gasteiger partial charge in [0.05, 0.1) is 0 Å². The van der Waals surface area contributed by atoms with Gasteiger partial charge in [0.1, 0.15) is 12.4 Å². The number of hydrogen-bond acceptors (Lipinski definition) is 3. The van der Waals surface area contributed by atoms with Gasteiger partial charge in [-0.25, -0.2) is 0 Å². The van der Waals surface area contributed by atoms with Crippen LogP contribution in [0.15, 0.2) is 140 Å². The maximum Gasteiger partial charge on any atom is 0.220 e. The summed E-state index contributed by atoms with van der Waals surface area (Å²) in [6.07, 6.45) is 5.02. The molecule has 0 saturated heterocycles. The molecule has 6 aromatic rings. The van der Waals surface area contributed by atoms with Gasteiger partial charge in [0.15, 0.2) is 0 Å². The molecule has 0 aliphatic carbocycles. The van der Waals surface area contributed by atoms with Crippen LogP contribution in [0.1, 0.15) is 40.3 Å². The van der Waals surface area contributed by atoms with Crippen LogP contribution in [0.4, 0.5) is 0 Å². The van der Waals surface area contributed by atoms with Crippen LogP contribution in [0.5, 0.6) is 5.75 Å². The Hall–Kier alpha value is -5.16. The first-order valence-corrected chi connectivity index (χ1v) is 14.8. The molecule has 43 heavy (non-hydrogen) atoms. The van der Waals surface area contributed by atoms with Gasteiger partial charge >= 0.3 is 0 Å². The molecule has 1 amide bonds. The number of benzene rings is 4. The summed E-state index contributed by atoms with van der Waals surface area (Å²) in [6.45, 7) is 1.78. The van der Waals surface area contributed by atoms with Crippen LogP contribution < -0.4 is 10.1 Å². The van der Waals surface area contributed by atoms with Crippen molar-refractivity contribution in [3.8, 4) is 5.75 Å². The number of nitrogens with one attached hydrogen (secondary N) is 1. The van der Waals surface area contributed by atoms with Gasteiger partial charge in [-0.15, -0.1) is 0 Å². The van der Waals surface area contributed by atoms with E-state index in [1.807, 2.05) is 54.6 Å². The summed E-state index contributed by atoms with van der Waals surface area (Å²) < 4.78 is 8.49. The van der Waals surface area contributed by atoms with Crippen LogP contribution >= 0.6 is 0 Å². The molecule has 0 saturated carbocycles. The highest BCUT2D eigenvalue weighted by Gasteiger charge is 2.23. The molecule has 2 heterocycles. The van der Waals surface area contributed by atoms with E-state index in [9.17, 15) is 4.79 Å². The number of aromatic nitrogens is 2. The Labute approximate surface area is 252 Å². The summed E-state index contributed by atoms with van der Waals surface area (Å²) in [5.41, 5.74) is 6.64. The first kappa shape index (κ1) is 28.0. The molecule has 4 aromatic carbocycles. The molecule has 0 unspecified atom stereocenters. The summed E-state index contributed by atoms with van der Waals surface area (Å²) >= 11 is 0. The third-order valence-corrected chi connectivity index (χ3v) is 7.72. The summed E-state index contributed by atoms with van der Waals surface area (Å²) in [5.74, 6) is 0.642. The summed E-state index contributed by atoms with van der Waals surface area (Å²) in [4.78, 5) is 17.8. The van der Waals surface area contributed by atoms with Crippen molar-refractivity contribution in [3.05, 3.63) is 168 Å². The normalized spacial score (nSPS) is 11.7. The van der Waals surface area contributed by atoms with Gasteiger partial charge in [0.2, 0.25) is 5.91 Å². The number of amides is 1. The van der Waals surface area contributed by atoms with Gasteiger partial charge in [-0.1, -0.05) is 97.1 Å². The molecule has 2 aromatic heterocycles. The third-order valence-electron chi connectivity index (χ3n) is 7.72. The van der Waals surface area contributed by atoms with Crippen molar-refractivity contribution in [1.29, 1.82) is 0 Å². The van der Waals surface area contributed by atoms with Crippen molar-refractivity contribution < 1.29 is 9.53 Å². The van der Waals surface area contributed by atoms with E-state index in [1.165, 1.54) is 5.56 Å². The van der Waals surface area contributed by atoms with Crippen LogP contribution in [-0.4, -0.2) is 22.0 Å². The zero-order valence-corrected chi connectivity index (χ0v) is 24.1. The van der Waals surface area contributed by atoms with Crippen LogP contribution in [0.25, 0.3) is 10.9 Å². The van der Waals surface area contributed by atoms with Crippen molar-refractivity contribution >= 4 is 16.8 Å². The first-order chi connectivity index (χ1) is 21.2. The lowest BCUT2D eigenvalue weighted by molar-refractivity contribution is -0.121. The second kappa shape index (κ2) is 13.7. The fraction of sp³-hybridized carbons (Fsp3) is 0.158. The Morgan fingerprint density at radius 3 is 2.33 bits per heavy atom. The molecule has 0 radical (unpaired) electrons. The number of fused-ring (bicyclic) bond motifs is 1. The number of rotatable bonds is 12. The van der Waals surface area contributed by atoms with Crippen LogP contribution in [0, 0.1) is 0 Å². The number of para-hydroxylation sites is 1. The molecule has 1 N–H and O–H groups in total.